The minimum atomic E-state index is -0.519. The summed E-state index contributed by atoms with van der Waals surface area (Å²) in [7, 11) is 0. The fourth-order valence-corrected chi connectivity index (χ4v) is 4.40. The number of thiophene rings is 1. The maximum absolute atomic E-state index is 12.5. The average molecular weight is 499 g/mol. The molecule has 0 aliphatic rings. The van der Waals surface area contributed by atoms with E-state index < -0.39 is 11.9 Å². The normalized spacial score (nSPS) is 11.0. The molecule has 6 nitrogen and oxygen atoms in total. The predicted molar refractivity (Wildman–Crippen MR) is 131 cm³/mol. The largest absolute Gasteiger partial charge is 0.484 e. The van der Waals surface area contributed by atoms with Crippen LogP contribution in [0.5, 0.6) is 11.5 Å². The molecule has 4 rings (SSSR count). The molecule has 0 bridgehead atoms. The summed E-state index contributed by atoms with van der Waals surface area (Å²) in [5.74, 6) is -0.0834. The molecule has 9 heteroatoms. The maximum atomic E-state index is 12.5. The first-order chi connectivity index (χ1) is 16.0. The summed E-state index contributed by atoms with van der Waals surface area (Å²) in [4.78, 5) is 24.7. The van der Waals surface area contributed by atoms with Crippen molar-refractivity contribution in [3.8, 4) is 11.5 Å². The molecule has 1 heterocycles. The van der Waals surface area contributed by atoms with E-state index in [2.05, 4.69) is 10.5 Å². The minimum absolute atomic E-state index is 0.202. The summed E-state index contributed by atoms with van der Waals surface area (Å²) in [6.45, 7) is -0.202. The number of ether oxygens (including phenoxy) is 2. The predicted octanol–water partition coefficient (Wildman–Crippen LogP) is 5.96. The summed E-state index contributed by atoms with van der Waals surface area (Å²) in [5.41, 5.74) is 3.08. The van der Waals surface area contributed by atoms with Crippen molar-refractivity contribution < 1.29 is 19.1 Å². The van der Waals surface area contributed by atoms with Gasteiger partial charge in [-0.25, -0.2) is 10.2 Å². The van der Waals surface area contributed by atoms with Crippen molar-refractivity contribution in [2.45, 2.75) is 0 Å². The Bertz CT molecular complexity index is 1340. The first-order valence-electron chi connectivity index (χ1n) is 9.69. The molecule has 0 fully saturated rings. The smallest absolute Gasteiger partial charge is 0.355 e. The van der Waals surface area contributed by atoms with Gasteiger partial charge in [0, 0.05) is 15.1 Å². The van der Waals surface area contributed by atoms with Crippen molar-refractivity contribution in [3.63, 3.8) is 0 Å². The monoisotopic (exact) mass is 498 g/mol. The van der Waals surface area contributed by atoms with Crippen molar-refractivity contribution in [1.82, 2.24) is 5.43 Å². The van der Waals surface area contributed by atoms with Crippen LogP contribution >= 0.6 is 34.5 Å². The number of fused-ring (bicyclic) bond motifs is 1. The topological polar surface area (TPSA) is 77.0 Å². The van der Waals surface area contributed by atoms with Crippen LogP contribution in [-0.4, -0.2) is 24.7 Å². The van der Waals surface area contributed by atoms with Gasteiger partial charge in [0.2, 0.25) is 0 Å². The van der Waals surface area contributed by atoms with Gasteiger partial charge in [-0.05, 0) is 54.1 Å². The first kappa shape index (κ1) is 22.8. The fourth-order valence-electron chi connectivity index (χ4n) is 2.84. The lowest BCUT2D eigenvalue weighted by Gasteiger charge is -2.05. The third kappa shape index (κ3) is 5.90. The van der Waals surface area contributed by atoms with Crippen molar-refractivity contribution in [3.05, 3.63) is 93.3 Å². The van der Waals surface area contributed by atoms with Crippen LogP contribution in [0.1, 0.15) is 15.2 Å². The van der Waals surface area contributed by atoms with E-state index in [0.717, 1.165) is 10.1 Å². The minimum Gasteiger partial charge on any atom is -0.484 e. The number of esters is 1. The van der Waals surface area contributed by atoms with Gasteiger partial charge in [0.25, 0.3) is 5.91 Å². The zero-order valence-corrected chi connectivity index (χ0v) is 19.3. The van der Waals surface area contributed by atoms with Gasteiger partial charge in [0.15, 0.2) is 6.61 Å². The van der Waals surface area contributed by atoms with E-state index in [1.165, 1.54) is 17.6 Å². The number of nitrogens with one attached hydrogen (secondary N) is 1. The third-order valence-corrected chi connectivity index (χ3v) is 6.27. The Kier molecular flexibility index (Phi) is 7.24. The summed E-state index contributed by atoms with van der Waals surface area (Å²) < 4.78 is 11.7. The summed E-state index contributed by atoms with van der Waals surface area (Å²) in [6.07, 6.45) is 1.46. The summed E-state index contributed by atoms with van der Waals surface area (Å²) in [5, 5.41) is 5.62. The summed E-state index contributed by atoms with van der Waals surface area (Å²) in [6, 6.07) is 20.9. The van der Waals surface area contributed by atoms with Crippen LogP contribution in [0.4, 0.5) is 0 Å². The van der Waals surface area contributed by atoms with Gasteiger partial charge in [-0.3, -0.25) is 4.79 Å². The van der Waals surface area contributed by atoms with Gasteiger partial charge >= 0.3 is 5.97 Å². The number of hydrogen-bond donors (Lipinski definition) is 1. The van der Waals surface area contributed by atoms with Crippen molar-refractivity contribution in [2.75, 3.05) is 6.61 Å². The highest BCUT2D eigenvalue weighted by Gasteiger charge is 2.18. The van der Waals surface area contributed by atoms with Crippen LogP contribution in [0.15, 0.2) is 77.9 Å². The lowest BCUT2D eigenvalue weighted by Crippen LogP contribution is -2.24. The number of hydrogen-bond acceptors (Lipinski definition) is 6. The van der Waals surface area contributed by atoms with E-state index in [4.69, 9.17) is 32.7 Å². The van der Waals surface area contributed by atoms with Gasteiger partial charge in [0.05, 0.1) is 11.2 Å². The Morgan fingerprint density at radius 1 is 0.970 bits per heavy atom. The van der Waals surface area contributed by atoms with Crippen LogP contribution in [-0.2, 0) is 4.79 Å². The lowest BCUT2D eigenvalue weighted by molar-refractivity contribution is -0.123. The van der Waals surface area contributed by atoms with E-state index in [1.54, 1.807) is 48.5 Å². The number of carbonyl (C=O) groups is 2. The standard InChI is InChI=1S/C24H16Cl2N2O4S/c25-16-4-3-5-18(12-16)31-14-21(29)28-27-13-15-8-10-17(11-9-15)32-24(30)23-22(26)19-6-1-2-7-20(19)33-23/h1-13H,14H2,(H,28,29)/b27-13+. The molecule has 0 radical (unpaired) electrons. The van der Waals surface area contributed by atoms with Gasteiger partial charge < -0.3 is 9.47 Å². The van der Waals surface area contributed by atoms with Gasteiger partial charge in [-0.15, -0.1) is 11.3 Å². The molecule has 0 spiro atoms. The van der Waals surface area contributed by atoms with Gasteiger partial charge in [-0.2, -0.15) is 5.10 Å². The quantitative estimate of drug-likeness (QED) is 0.147. The van der Waals surface area contributed by atoms with Crippen molar-refractivity contribution in [1.29, 1.82) is 0 Å². The highest BCUT2D eigenvalue weighted by Crippen LogP contribution is 2.35. The number of hydrazone groups is 1. The van der Waals surface area contributed by atoms with Crippen LogP contribution in [0.25, 0.3) is 10.1 Å². The molecule has 0 aliphatic heterocycles. The molecule has 0 saturated heterocycles. The molecule has 0 saturated carbocycles. The maximum Gasteiger partial charge on any atom is 0.355 e. The average Bonchev–Trinajstić information content (AvgIpc) is 3.16. The van der Waals surface area contributed by atoms with E-state index in [0.29, 0.717) is 32.0 Å². The number of benzene rings is 3. The van der Waals surface area contributed by atoms with Crippen molar-refractivity contribution in [2.24, 2.45) is 5.10 Å². The molecule has 1 aromatic heterocycles. The highest BCUT2D eigenvalue weighted by atomic mass is 35.5. The molecule has 33 heavy (non-hydrogen) atoms. The molecule has 1 amide bonds. The summed E-state index contributed by atoms with van der Waals surface area (Å²) >= 11 is 13.5. The Morgan fingerprint density at radius 2 is 1.76 bits per heavy atom. The fraction of sp³-hybridized carbons (Fsp3) is 0.0417. The second-order valence-corrected chi connectivity index (χ2v) is 8.61. The molecule has 4 aromatic rings. The van der Waals surface area contributed by atoms with Crippen LogP contribution in [0.3, 0.4) is 0 Å². The highest BCUT2D eigenvalue weighted by molar-refractivity contribution is 7.21. The zero-order chi connectivity index (χ0) is 23.2. The Hall–Kier alpha value is -3.39. The zero-order valence-electron chi connectivity index (χ0n) is 17.0. The van der Waals surface area contributed by atoms with Crippen molar-refractivity contribution >= 4 is 62.7 Å². The van der Waals surface area contributed by atoms with E-state index in [9.17, 15) is 9.59 Å². The molecule has 166 valence electrons. The molecule has 1 N–H and O–H groups in total. The number of amides is 1. The second kappa shape index (κ2) is 10.5. The Balaban J connectivity index is 1.29. The van der Waals surface area contributed by atoms with Crippen LogP contribution in [0.2, 0.25) is 10.0 Å². The van der Waals surface area contributed by atoms with Gasteiger partial charge in [0.1, 0.15) is 16.4 Å². The molecular weight excluding hydrogens is 483 g/mol. The Labute approximate surface area is 203 Å². The number of carbonyl (C=O) groups excluding carboxylic acids is 2. The lowest BCUT2D eigenvalue weighted by atomic mass is 10.2. The van der Waals surface area contributed by atoms with E-state index in [-0.39, 0.29) is 6.61 Å². The molecule has 0 aliphatic carbocycles. The number of halogens is 2. The molecular formula is C24H16Cl2N2O4S. The molecule has 0 atom stereocenters. The molecule has 3 aromatic carbocycles. The van der Waals surface area contributed by atoms with E-state index >= 15 is 0 Å². The number of rotatable bonds is 7. The second-order valence-electron chi connectivity index (χ2n) is 6.74. The first-order valence-corrected chi connectivity index (χ1v) is 11.3. The van der Waals surface area contributed by atoms with Crippen LogP contribution < -0.4 is 14.9 Å². The SMILES string of the molecule is O=C(COc1cccc(Cl)c1)N/N=C/c1ccc(OC(=O)c2sc3ccccc3c2Cl)cc1. The molecule has 0 unspecified atom stereocenters. The van der Waals surface area contributed by atoms with Crippen LogP contribution in [0, 0.1) is 0 Å². The van der Waals surface area contributed by atoms with Gasteiger partial charge in [-0.1, -0.05) is 47.5 Å². The Morgan fingerprint density at radius 3 is 2.52 bits per heavy atom. The third-order valence-electron chi connectivity index (χ3n) is 4.38. The van der Waals surface area contributed by atoms with E-state index in [1.807, 2.05) is 24.3 Å². The number of nitrogens with zero attached hydrogens (tertiary/aromatic N) is 1.